The van der Waals surface area contributed by atoms with Crippen LogP contribution in [0.4, 0.5) is 0 Å². The molecular formula is C26H22N4OS. The summed E-state index contributed by atoms with van der Waals surface area (Å²) < 4.78 is 1.90. The highest BCUT2D eigenvalue weighted by Gasteiger charge is 2.17. The van der Waals surface area contributed by atoms with Gasteiger partial charge in [0.2, 0.25) is 0 Å². The summed E-state index contributed by atoms with van der Waals surface area (Å²) in [5, 5.41) is 17.1. The Kier molecular flexibility index (Phi) is 6.39. The van der Waals surface area contributed by atoms with E-state index in [1.165, 1.54) is 11.8 Å². The highest BCUT2D eigenvalue weighted by molar-refractivity contribution is 7.99. The predicted octanol–water partition coefficient (Wildman–Crippen LogP) is 5.44. The SMILES string of the molecule is Cc1nn(-c2ccccc2)c(C)c1CNC(=O)c1ccccc1Sc1ccccc1C#N. The molecule has 4 rings (SSSR count). The number of aromatic nitrogens is 2. The van der Waals surface area contributed by atoms with Crippen molar-refractivity contribution in [3.05, 3.63) is 107 Å². The fraction of sp³-hybridized carbons (Fsp3) is 0.115. The van der Waals surface area contributed by atoms with Gasteiger partial charge >= 0.3 is 0 Å². The summed E-state index contributed by atoms with van der Waals surface area (Å²) in [6, 6.07) is 27.0. The Morgan fingerprint density at radius 3 is 2.38 bits per heavy atom. The first-order valence-electron chi connectivity index (χ1n) is 10.2. The van der Waals surface area contributed by atoms with E-state index in [4.69, 9.17) is 0 Å². The molecule has 0 bridgehead atoms. The van der Waals surface area contributed by atoms with Crippen LogP contribution in [0.25, 0.3) is 5.69 Å². The summed E-state index contributed by atoms with van der Waals surface area (Å²) in [5.41, 5.74) is 5.05. The lowest BCUT2D eigenvalue weighted by Gasteiger charge is -2.11. The number of benzene rings is 3. The zero-order valence-electron chi connectivity index (χ0n) is 17.9. The number of nitriles is 1. The third kappa shape index (κ3) is 4.43. The number of nitrogens with zero attached hydrogens (tertiary/aromatic N) is 3. The molecule has 0 aliphatic rings. The Balaban J connectivity index is 1.54. The van der Waals surface area contributed by atoms with Crippen molar-refractivity contribution in [2.75, 3.05) is 0 Å². The van der Waals surface area contributed by atoms with Crippen molar-refractivity contribution in [1.82, 2.24) is 15.1 Å². The van der Waals surface area contributed by atoms with Crippen LogP contribution in [0.2, 0.25) is 0 Å². The van der Waals surface area contributed by atoms with E-state index in [1.807, 2.05) is 85.3 Å². The van der Waals surface area contributed by atoms with Crippen LogP contribution in [0.3, 0.4) is 0 Å². The van der Waals surface area contributed by atoms with Crippen molar-refractivity contribution >= 4 is 17.7 Å². The molecule has 5 nitrogen and oxygen atoms in total. The molecule has 0 radical (unpaired) electrons. The first-order valence-corrected chi connectivity index (χ1v) is 11.0. The van der Waals surface area contributed by atoms with Gasteiger partial charge in [-0.1, -0.05) is 54.2 Å². The first kappa shape index (κ1) is 21.4. The van der Waals surface area contributed by atoms with Gasteiger partial charge in [-0.25, -0.2) is 4.68 Å². The number of carbonyl (C=O) groups excluding carboxylic acids is 1. The van der Waals surface area contributed by atoms with Gasteiger partial charge in [0.1, 0.15) is 6.07 Å². The van der Waals surface area contributed by atoms with Crippen LogP contribution >= 0.6 is 11.8 Å². The Morgan fingerprint density at radius 2 is 1.62 bits per heavy atom. The molecule has 0 saturated heterocycles. The van der Waals surface area contributed by atoms with Crippen LogP contribution in [0.15, 0.2) is 88.7 Å². The minimum Gasteiger partial charge on any atom is -0.348 e. The van der Waals surface area contributed by atoms with Crippen molar-refractivity contribution in [1.29, 1.82) is 5.26 Å². The lowest BCUT2D eigenvalue weighted by molar-refractivity contribution is 0.0948. The quantitative estimate of drug-likeness (QED) is 0.435. The molecule has 1 aromatic heterocycles. The largest absolute Gasteiger partial charge is 0.348 e. The molecule has 1 heterocycles. The maximum atomic E-state index is 13.1. The monoisotopic (exact) mass is 438 g/mol. The van der Waals surface area contributed by atoms with Gasteiger partial charge in [0.15, 0.2) is 0 Å². The standard InChI is InChI=1S/C26H22N4OS/c1-18-23(19(2)30(29-18)21-11-4-3-5-12-21)17-28-26(31)22-13-7-9-15-25(22)32-24-14-8-6-10-20(24)16-27/h3-15H,17H2,1-2H3,(H,28,31). The van der Waals surface area contributed by atoms with E-state index in [-0.39, 0.29) is 5.91 Å². The van der Waals surface area contributed by atoms with Gasteiger partial charge in [0.25, 0.3) is 5.91 Å². The minimum atomic E-state index is -0.159. The minimum absolute atomic E-state index is 0.159. The molecule has 0 fully saturated rings. The summed E-state index contributed by atoms with van der Waals surface area (Å²) in [6.07, 6.45) is 0. The Labute approximate surface area is 191 Å². The third-order valence-corrected chi connectivity index (χ3v) is 6.38. The van der Waals surface area contributed by atoms with Crippen molar-refractivity contribution in [2.45, 2.75) is 30.2 Å². The molecular weight excluding hydrogens is 416 g/mol. The molecule has 3 aromatic carbocycles. The normalized spacial score (nSPS) is 10.5. The molecule has 0 aliphatic heterocycles. The van der Waals surface area contributed by atoms with Gasteiger partial charge in [-0.2, -0.15) is 10.4 Å². The van der Waals surface area contributed by atoms with E-state index >= 15 is 0 Å². The maximum Gasteiger partial charge on any atom is 0.252 e. The van der Waals surface area contributed by atoms with Gasteiger partial charge in [-0.15, -0.1) is 0 Å². The second kappa shape index (κ2) is 9.54. The van der Waals surface area contributed by atoms with Crippen LogP contribution in [0.5, 0.6) is 0 Å². The summed E-state index contributed by atoms with van der Waals surface area (Å²) in [7, 11) is 0. The number of para-hydroxylation sites is 1. The number of aryl methyl sites for hydroxylation is 1. The van der Waals surface area contributed by atoms with Crippen molar-refractivity contribution in [3.63, 3.8) is 0 Å². The van der Waals surface area contributed by atoms with Crippen LogP contribution < -0.4 is 5.32 Å². The number of hydrogen-bond donors (Lipinski definition) is 1. The number of amides is 1. The lowest BCUT2D eigenvalue weighted by Crippen LogP contribution is -2.24. The summed E-state index contributed by atoms with van der Waals surface area (Å²) in [5.74, 6) is -0.159. The molecule has 4 aromatic rings. The molecule has 1 N–H and O–H groups in total. The molecule has 0 unspecified atom stereocenters. The van der Waals surface area contributed by atoms with E-state index in [1.54, 1.807) is 12.1 Å². The molecule has 0 saturated carbocycles. The predicted molar refractivity (Wildman–Crippen MR) is 126 cm³/mol. The van der Waals surface area contributed by atoms with Gasteiger partial charge in [0.05, 0.1) is 22.5 Å². The first-order chi connectivity index (χ1) is 15.6. The van der Waals surface area contributed by atoms with E-state index in [0.717, 1.165) is 32.4 Å². The Bertz CT molecular complexity index is 1310. The fourth-order valence-electron chi connectivity index (χ4n) is 3.52. The molecule has 0 aliphatic carbocycles. The zero-order chi connectivity index (χ0) is 22.5. The van der Waals surface area contributed by atoms with Crippen molar-refractivity contribution < 1.29 is 4.79 Å². The van der Waals surface area contributed by atoms with E-state index in [0.29, 0.717) is 17.7 Å². The second-order valence-electron chi connectivity index (χ2n) is 7.29. The van der Waals surface area contributed by atoms with E-state index < -0.39 is 0 Å². The average Bonchev–Trinajstić information content (AvgIpc) is 3.12. The van der Waals surface area contributed by atoms with E-state index in [9.17, 15) is 10.1 Å². The number of nitrogens with one attached hydrogen (secondary N) is 1. The smallest absolute Gasteiger partial charge is 0.252 e. The highest BCUT2D eigenvalue weighted by Crippen LogP contribution is 2.32. The summed E-state index contributed by atoms with van der Waals surface area (Å²) in [4.78, 5) is 14.7. The number of carbonyl (C=O) groups is 1. The van der Waals surface area contributed by atoms with E-state index in [2.05, 4.69) is 16.5 Å². The van der Waals surface area contributed by atoms with Crippen molar-refractivity contribution in [2.24, 2.45) is 0 Å². The Morgan fingerprint density at radius 1 is 0.969 bits per heavy atom. The topological polar surface area (TPSA) is 70.7 Å². The summed E-state index contributed by atoms with van der Waals surface area (Å²) in [6.45, 7) is 4.35. The molecule has 6 heteroatoms. The number of rotatable bonds is 6. The van der Waals surface area contributed by atoms with Crippen LogP contribution in [-0.2, 0) is 6.54 Å². The van der Waals surface area contributed by atoms with Gasteiger partial charge < -0.3 is 5.32 Å². The molecule has 0 atom stereocenters. The maximum absolute atomic E-state index is 13.1. The van der Waals surface area contributed by atoms with Gasteiger partial charge in [-0.3, -0.25) is 4.79 Å². The average molecular weight is 439 g/mol. The fourth-order valence-corrected chi connectivity index (χ4v) is 4.55. The second-order valence-corrected chi connectivity index (χ2v) is 8.37. The van der Waals surface area contributed by atoms with Gasteiger partial charge in [-0.05, 0) is 50.2 Å². The highest BCUT2D eigenvalue weighted by atomic mass is 32.2. The van der Waals surface area contributed by atoms with Gasteiger partial charge in [0, 0.05) is 27.6 Å². The molecule has 1 amide bonds. The molecule has 0 spiro atoms. The Hall–Kier alpha value is -3.82. The lowest BCUT2D eigenvalue weighted by atomic mass is 10.1. The summed E-state index contributed by atoms with van der Waals surface area (Å²) >= 11 is 1.42. The number of hydrogen-bond acceptors (Lipinski definition) is 4. The van der Waals surface area contributed by atoms with Crippen LogP contribution in [0, 0.1) is 25.2 Å². The molecule has 158 valence electrons. The van der Waals surface area contributed by atoms with Crippen LogP contribution in [0.1, 0.15) is 32.9 Å². The van der Waals surface area contributed by atoms with Crippen LogP contribution in [-0.4, -0.2) is 15.7 Å². The third-order valence-electron chi connectivity index (χ3n) is 5.23. The molecule has 32 heavy (non-hydrogen) atoms. The van der Waals surface area contributed by atoms with Crippen molar-refractivity contribution in [3.8, 4) is 11.8 Å². The zero-order valence-corrected chi connectivity index (χ0v) is 18.7.